The average Bonchev–Trinajstić information content (AvgIpc) is 2.44. The molecule has 0 fully saturated rings. The predicted molar refractivity (Wildman–Crippen MR) is 86.5 cm³/mol. The van der Waals surface area contributed by atoms with Crippen molar-refractivity contribution in [3.63, 3.8) is 0 Å². The van der Waals surface area contributed by atoms with Gasteiger partial charge in [0.2, 0.25) is 0 Å². The second kappa shape index (κ2) is 7.11. The highest BCUT2D eigenvalue weighted by atomic mass is 16.5. The third kappa shape index (κ3) is 4.48. The van der Waals surface area contributed by atoms with Gasteiger partial charge in [-0.2, -0.15) is 0 Å². The van der Waals surface area contributed by atoms with Crippen molar-refractivity contribution < 1.29 is 9.53 Å². The Morgan fingerprint density at radius 2 is 1.81 bits per heavy atom. The van der Waals surface area contributed by atoms with Crippen molar-refractivity contribution >= 4 is 16.7 Å². The number of hydrogen-bond acceptors (Lipinski definition) is 2. The van der Waals surface area contributed by atoms with E-state index in [4.69, 9.17) is 4.74 Å². The van der Waals surface area contributed by atoms with Gasteiger partial charge >= 0.3 is 0 Å². The van der Waals surface area contributed by atoms with Gasteiger partial charge in [-0.3, -0.25) is 4.79 Å². The molecule has 0 spiro atoms. The number of benzene rings is 2. The van der Waals surface area contributed by atoms with Gasteiger partial charge in [0.1, 0.15) is 5.75 Å². The number of fused-ring (bicyclic) bond motifs is 1. The lowest BCUT2D eigenvalue weighted by molar-refractivity contribution is -0.123. The van der Waals surface area contributed by atoms with Crippen molar-refractivity contribution in [3.8, 4) is 5.75 Å². The molecule has 0 aliphatic heterocycles. The zero-order chi connectivity index (χ0) is 15.2. The monoisotopic (exact) mass is 285 g/mol. The lowest BCUT2D eigenvalue weighted by Gasteiger charge is -2.16. The maximum Gasteiger partial charge on any atom is 0.258 e. The van der Waals surface area contributed by atoms with E-state index in [-0.39, 0.29) is 18.6 Å². The summed E-state index contributed by atoms with van der Waals surface area (Å²) in [5.74, 6) is 1.25. The van der Waals surface area contributed by atoms with Crippen LogP contribution in [0.1, 0.15) is 27.2 Å². The molecule has 1 amide bonds. The zero-order valence-electron chi connectivity index (χ0n) is 12.9. The van der Waals surface area contributed by atoms with Crippen LogP contribution < -0.4 is 10.1 Å². The van der Waals surface area contributed by atoms with Crippen LogP contribution >= 0.6 is 0 Å². The summed E-state index contributed by atoms with van der Waals surface area (Å²) in [5.41, 5.74) is 0. The molecule has 0 unspecified atom stereocenters. The van der Waals surface area contributed by atoms with Crippen molar-refractivity contribution in [3.05, 3.63) is 42.5 Å². The summed E-state index contributed by atoms with van der Waals surface area (Å²) in [6.45, 7) is 6.37. The molecule has 112 valence electrons. The van der Waals surface area contributed by atoms with E-state index < -0.39 is 0 Å². The third-order valence-electron chi connectivity index (χ3n) is 3.34. The molecule has 0 aliphatic rings. The number of carbonyl (C=O) groups is 1. The van der Waals surface area contributed by atoms with Gasteiger partial charge in [-0.1, -0.05) is 50.2 Å². The first-order chi connectivity index (χ1) is 10.1. The molecule has 0 saturated carbocycles. The lowest BCUT2D eigenvalue weighted by Crippen LogP contribution is -2.36. The van der Waals surface area contributed by atoms with E-state index >= 15 is 0 Å². The number of hydrogen-bond donors (Lipinski definition) is 1. The van der Waals surface area contributed by atoms with Crippen LogP contribution in [0.3, 0.4) is 0 Å². The van der Waals surface area contributed by atoms with Crippen LogP contribution in [0.5, 0.6) is 5.75 Å². The fourth-order valence-electron chi connectivity index (χ4n) is 2.55. The summed E-state index contributed by atoms with van der Waals surface area (Å²) in [7, 11) is 0. The summed E-state index contributed by atoms with van der Waals surface area (Å²) in [6.07, 6.45) is 0.972. The van der Waals surface area contributed by atoms with Crippen molar-refractivity contribution in [2.45, 2.75) is 33.2 Å². The van der Waals surface area contributed by atoms with Gasteiger partial charge in [-0.25, -0.2) is 0 Å². The van der Waals surface area contributed by atoms with E-state index in [0.29, 0.717) is 5.92 Å². The molecule has 0 aliphatic carbocycles. The second-order valence-electron chi connectivity index (χ2n) is 5.86. The number of nitrogens with one attached hydrogen (secondary N) is 1. The summed E-state index contributed by atoms with van der Waals surface area (Å²) in [6, 6.07) is 14.1. The van der Waals surface area contributed by atoms with Gasteiger partial charge in [0.05, 0.1) is 0 Å². The number of carbonyl (C=O) groups excluding carboxylic acids is 1. The van der Waals surface area contributed by atoms with Gasteiger partial charge < -0.3 is 10.1 Å². The van der Waals surface area contributed by atoms with Crippen molar-refractivity contribution in [2.75, 3.05) is 6.61 Å². The molecule has 1 N–H and O–H groups in total. The Labute approximate surface area is 126 Å². The van der Waals surface area contributed by atoms with E-state index in [9.17, 15) is 4.79 Å². The Hall–Kier alpha value is -2.03. The fraction of sp³-hybridized carbons (Fsp3) is 0.389. The molecule has 1 atom stereocenters. The first kappa shape index (κ1) is 15.4. The molecule has 2 aromatic carbocycles. The Balaban J connectivity index is 1.94. The quantitative estimate of drug-likeness (QED) is 0.877. The van der Waals surface area contributed by atoms with Crippen molar-refractivity contribution in [1.29, 1.82) is 0 Å². The second-order valence-corrected chi connectivity index (χ2v) is 5.86. The van der Waals surface area contributed by atoms with Gasteiger partial charge in [-0.15, -0.1) is 0 Å². The fourth-order valence-corrected chi connectivity index (χ4v) is 2.55. The van der Waals surface area contributed by atoms with Crippen molar-refractivity contribution in [2.24, 2.45) is 5.92 Å². The number of amides is 1. The highest BCUT2D eigenvalue weighted by Crippen LogP contribution is 2.24. The van der Waals surface area contributed by atoms with Crippen LogP contribution in [0.25, 0.3) is 10.8 Å². The summed E-state index contributed by atoms with van der Waals surface area (Å²) >= 11 is 0. The van der Waals surface area contributed by atoms with Gasteiger partial charge in [0.25, 0.3) is 5.91 Å². The minimum absolute atomic E-state index is 0.0520. The smallest absolute Gasteiger partial charge is 0.258 e. The minimum Gasteiger partial charge on any atom is -0.483 e. The van der Waals surface area contributed by atoms with Gasteiger partial charge in [-0.05, 0) is 30.7 Å². The Morgan fingerprint density at radius 1 is 1.10 bits per heavy atom. The van der Waals surface area contributed by atoms with Crippen LogP contribution in [0.4, 0.5) is 0 Å². The Bertz CT molecular complexity index is 602. The van der Waals surface area contributed by atoms with Crippen LogP contribution in [-0.2, 0) is 4.79 Å². The van der Waals surface area contributed by atoms with Gasteiger partial charge in [0, 0.05) is 11.4 Å². The summed E-state index contributed by atoms with van der Waals surface area (Å²) < 4.78 is 5.67. The number of rotatable bonds is 6. The molecular formula is C18H23NO2. The molecule has 2 aromatic rings. The first-order valence-electron chi connectivity index (χ1n) is 7.46. The summed E-state index contributed by atoms with van der Waals surface area (Å²) in [5, 5.41) is 5.11. The topological polar surface area (TPSA) is 38.3 Å². The lowest BCUT2D eigenvalue weighted by atomic mass is 10.1. The van der Waals surface area contributed by atoms with E-state index in [1.807, 2.05) is 49.4 Å². The standard InChI is InChI=1S/C18H23NO2/c1-13(2)11-14(3)19-18(20)12-21-17-10-6-8-15-7-4-5-9-16(15)17/h4-10,13-14H,11-12H2,1-3H3,(H,19,20)/t14-/m0/s1. The molecule has 0 saturated heterocycles. The SMILES string of the molecule is CC(C)C[C@H](C)NC(=O)COc1cccc2ccccc12. The van der Waals surface area contributed by atoms with Crippen molar-refractivity contribution in [1.82, 2.24) is 5.32 Å². The minimum atomic E-state index is -0.0731. The third-order valence-corrected chi connectivity index (χ3v) is 3.34. The van der Waals surface area contributed by atoms with Crippen LogP contribution in [0, 0.1) is 5.92 Å². The first-order valence-corrected chi connectivity index (χ1v) is 7.46. The zero-order valence-corrected chi connectivity index (χ0v) is 12.9. The molecule has 0 radical (unpaired) electrons. The van der Waals surface area contributed by atoms with Crippen LogP contribution in [0.15, 0.2) is 42.5 Å². The van der Waals surface area contributed by atoms with Crippen LogP contribution in [-0.4, -0.2) is 18.6 Å². The predicted octanol–water partition coefficient (Wildman–Crippen LogP) is 3.77. The Morgan fingerprint density at radius 3 is 2.57 bits per heavy atom. The normalized spacial score (nSPS) is 12.4. The maximum absolute atomic E-state index is 11.9. The van der Waals surface area contributed by atoms with Gasteiger partial charge in [0.15, 0.2) is 6.61 Å². The highest BCUT2D eigenvalue weighted by molar-refractivity contribution is 5.88. The van der Waals surface area contributed by atoms with E-state index in [1.165, 1.54) is 0 Å². The molecule has 0 aromatic heterocycles. The number of ether oxygens (including phenoxy) is 1. The molecule has 3 nitrogen and oxygen atoms in total. The van der Waals surface area contributed by atoms with E-state index in [1.54, 1.807) is 0 Å². The average molecular weight is 285 g/mol. The molecule has 0 heterocycles. The summed E-state index contributed by atoms with van der Waals surface area (Å²) in [4.78, 5) is 11.9. The van der Waals surface area contributed by atoms with E-state index in [2.05, 4.69) is 19.2 Å². The van der Waals surface area contributed by atoms with Crippen LogP contribution in [0.2, 0.25) is 0 Å². The molecule has 21 heavy (non-hydrogen) atoms. The van der Waals surface area contributed by atoms with E-state index in [0.717, 1.165) is 22.9 Å². The molecule has 2 rings (SSSR count). The molecule has 0 bridgehead atoms. The largest absolute Gasteiger partial charge is 0.483 e. The molecular weight excluding hydrogens is 262 g/mol. The molecule has 3 heteroatoms. The maximum atomic E-state index is 11.9. The highest BCUT2D eigenvalue weighted by Gasteiger charge is 2.10. The Kier molecular flexibility index (Phi) is 5.20.